The third-order valence-electron chi connectivity index (χ3n) is 3.90. The molecule has 0 fully saturated rings. The third kappa shape index (κ3) is 5.02. The molecule has 0 N–H and O–H groups in total. The lowest BCUT2D eigenvalue weighted by Crippen LogP contribution is -2.15. The second-order valence-electron chi connectivity index (χ2n) is 7.29. The Kier molecular flexibility index (Phi) is 5.77. The number of rotatable bonds is 5. The molecule has 0 saturated heterocycles. The van der Waals surface area contributed by atoms with Crippen molar-refractivity contribution in [2.75, 3.05) is 13.6 Å². The van der Waals surface area contributed by atoms with Gasteiger partial charge in [-0.3, -0.25) is 0 Å². The van der Waals surface area contributed by atoms with E-state index in [1.807, 2.05) is 44.3 Å². The van der Waals surface area contributed by atoms with Gasteiger partial charge < -0.3 is 9.64 Å². The fourth-order valence-electron chi connectivity index (χ4n) is 2.14. The van der Waals surface area contributed by atoms with Crippen molar-refractivity contribution >= 4 is 12.0 Å². The van der Waals surface area contributed by atoms with Gasteiger partial charge in [0.05, 0.1) is 12.0 Å². The highest BCUT2D eigenvalue weighted by atomic mass is 16.5. The zero-order valence-electron chi connectivity index (χ0n) is 16.3. The van der Waals surface area contributed by atoms with Crippen molar-refractivity contribution in [3.05, 3.63) is 41.3 Å². The first-order valence-corrected chi connectivity index (χ1v) is 8.57. The normalized spacial score (nSPS) is 11.8. The molecule has 25 heavy (non-hydrogen) atoms. The van der Waals surface area contributed by atoms with E-state index in [-0.39, 0.29) is 5.41 Å². The van der Waals surface area contributed by atoms with Gasteiger partial charge in [-0.1, -0.05) is 20.8 Å². The van der Waals surface area contributed by atoms with Crippen LogP contribution in [-0.4, -0.2) is 34.8 Å². The molecule has 0 aliphatic heterocycles. The fraction of sp³-hybridized carbons (Fsp3) is 0.450. The van der Waals surface area contributed by atoms with Gasteiger partial charge >= 0.3 is 0 Å². The van der Waals surface area contributed by atoms with Gasteiger partial charge in [0.15, 0.2) is 0 Å². The zero-order chi connectivity index (χ0) is 18.6. The molecule has 0 spiro atoms. The molecule has 134 valence electrons. The van der Waals surface area contributed by atoms with E-state index in [4.69, 9.17) is 4.74 Å². The maximum Gasteiger partial charge on any atom is 0.222 e. The number of benzene rings is 1. The molecular formula is C20H28N4O. The second kappa shape index (κ2) is 7.64. The molecule has 2 aromatic rings. The molecule has 1 heterocycles. The van der Waals surface area contributed by atoms with Crippen LogP contribution in [0.1, 0.15) is 44.6 Å². The molecule has 0 atom stereocenters. The largest absolute Gasteiger partial charge is 0.439 e. The first-order valence-electron chi connectivity index (χ1n) is 8.57. The van der Waals surface area contributed by atoms with Crippen LogP contribution in [0.5, 0.6) is 11.6 Å². The van der Waals surface area contributed by atoms with Crippen LogP contribution < -0.4 is 4.74 Å². The molecule has 0 unspecified atom stereocenters. The van der Waals surface area contributed by atoms with E-state index >= 15 is 0 Å². The Labute approximate surface area is 150 Å². The molecule has 5 heteroatoms. The van der Waals surface area contributed by atoms with Gasteiger partial charge in [-0.2, -0.15) is 4.98 Å². The highest BCUT2D eigenvalue weighted by molar-refractivity contribution is 5.64. The standard InChI is InChI=1S/C20H28N4O/c1-8-24(7)13-22-16-11-15(3)17(12-14(16)2)25-18-9-10-21-19(23-18)20(4,5)6/h9-13H,8H2,1-7H3. The molecule has 0 aliphatic carbocycles. The predicted molar refractivity (Wildman–Crippen MR) is 103 cm³/mol. The van der Waals surface area contributed by atoms with Gasteiger partial charge in [-0.05, 0) is 44.0 Å². The summed E-state index contributed by atoms with van der Waals surface area (Å²) >= 11 is 0. The summed E-state index contributed by atoms with van der Waals surface area (Å²) < 4.78 is 6.01. The molecule has 5 nitrogen and oxygen atoms in total. The van der Waals surface area contributed by atoms with Crippen molar-refractivity contribution in [2.45, 2.75) is 47.0 Å². The van der Waals surface area contributed by atoms with Crippen molar-refractivity contribution in [1.29, 1.82) is 0 Å². The Balaban J connectivity index is 2.27. The van der Waals surface area contributed by atoms with Crippen LogP contribution in [0.15, 0.2) is 29.4 Å². The highest BCUT2D eigenvalue weighted by Crippen LogP contribution is 2.31. The average molecular weight is 340 g/mol. The highest BCUT2D eigenvalue weighted by Gasteiger charge is 2.18. The van der Waals surface area contributed by atoms with E-state index in [0.717, 1.165) is 34.9 Å². The number of aliphatic imine (C=N–C) groups is 1. The van der Waals surface area contributed by atoms with E-state index in [1.54, 1.807) is 12.3 Å². The number of ether oxygens (including phenoxy) is 1. The zero-order valence-corrected chi connectivity index (χ0v) is 16.3. The first-order chi connectivity index (χ1) is 11.7. The lowest BCUT2D eigenvalue weighted by molar-refractivity contribution is 0.443. The lowest BCUT2D eigenvalue weighted by atomic mass is 9.96. The SMILES string of the molecule is CCN(C)C=Nc1cc(C)c(Oc2ccnc(C(C)(C)C)n2)cc1C. The summed E-state index contributed by atoms with van der Waals surface area (Å²) in [7, 11) is 2.01. The van der Waals surface area contributed by atoms with Crippen molar-refractivity contribution in [1.82, 2.24) is 14.9 Å². The molecular weight excluding hydrogens is 312 g/mol. The quantitative estimate of drug-likeness (QED) is 0.580. The van der Waals surface area contributed by atoms with Crippen LogP contribution in [0.25, 0.3) is 0 Å². The minimum absolute atomic E-state index is 0.117. The van der Waals surface area contributed by atoms with Gasteiger partial charge in [-0.25, -0.2) is 9.98 Å². The van der Waals surface area contributed by atoms with Gasteiger partial charge in [0.2, 0.25) is 5.88 Å². The number of aryl methyl sites for hydroxylation is 2. The summed E-state index contributed by atoms with van der Waals surface area (Å²) in [6, 6.07) is 5.83. The summed E-state index contributed by atoms with van der Waals surface area (Å²) in [5.74, 6) is 2.12. The van der Waals surface area contributed by atoms with Crippen LogP contribution in [-0.2, 0) is 5.41 Å². The number of hydrogen-bond acceptors (Lipinski definition) is 4. The van der Waals surface area contributed by atoms with Crippen molar-refractivity contribution in [2.24, 2.45) is 4.99 Å². The number of nitrogens with zero attached hydrogens (tertiary/aromatic N) is 4. The summed E-state index contributed by atoms with van der Waals surface area (Å²) in [6.07, 6.45) is 3.59. The molecule has 2 rings (SSSR count). The summed E-state index contributed by atoms with van der Waals surface area (Å²) in [6.45, 7) is 13.3. The van der Waals surface area contributed by atoms with Gasteiger partial charge in [-0.15, -0.1) is 0 Å². The van der Waals surface area contributed by atoms with E-state index in [2.05, 4.69) is 42.7 Å². The lowest BCUT2D eigenvalue weighted by Gasteiger charge is -2.17. The Morgan fingerprint density at radius 2 is 1.92 bits per heavy atom. The summed E-state index contributed by atoms with van der Waals surface area (Å²) in [4.78, 5) is 15.5. The summed E-state index contributed by atoms with van der Waals surface area (Å²) in [5.41, 5.74) is 2.91. The molecule has 0 saturated carbocycles. The van der Waals surface area contributed by atoms with Crippen molar-refractivity contribution in [3.63, 3.8) is 0 Å². The molecule has 0 aliphatic rings. The maximum atomic E-state index is 6.01. The van der Waals surface area contributed by atoms with E-state index < -0.39 is 0 Å². The fourth-order valence-corrected chi connectivity index (χ4v) is 2.14. The minimum Gasteiger partial charge on any atom is -0.439 e. The Hall–Kier alpha value is -2.43. The number of aromatic nitrogens is 2. The minimum atomic E-state index is -0.117. The topological polar surface area (TPSA) is 50.6 Å². The summed E-state index contributed by atoms with van der Waals surface area (Å²) in [5, 5.41) is 0. The van der Waals surface area contributed by atoms with Crippen LogP contribution >= 0.6 is 0 Å². The van der Waals surface area contributed by atoms with E-state index in [1.165, 1.54) is 0 Å². The molecule has 1 aromatic heterocycles. The van der Waals surface area contributed by atoms with Crippen LogP contribution in [0.4, 0.5) is 5.69 Å². The number of hydrogen-bond donors (Lipinski definition) is 0. The van der Waals surface area contributed by atoms with Crippen LogP contribution in [0, 0.1) is 13.8 Å². The van der Waals surface area contributed by atoms with Gasteiger partial charge in [0.25, 0.3) is 0 Å². The molecule has 0 amide bonds. The molecule has 1 aromatic carbocycles. The van der Waals surface area contributed by atoms with Crippen molar-refractivity contribution in [3.8, 4) is 11.6 Å². The van der Waals surface area contributed by atoms with E-state index in [9.17, 15) is 0 Å². The van der Waals surface area contributed by atoms with E-state index in [0.29, 0.717) is 5.88 Å². The first kappa shape index (κ1) is 18.9. The van der Waals surface area contributed by atoms with Crippen LogP contribution in [0.3, 0.4) is 0 Å². The van der Waals surface area contributed by atoms with Crippen molar-refractivity contribution < 1.29 is 4.74 Å². The van der Waals surface area contributed by atoms with Crippen LogP contribution in [0.2, 0.25) is 0 Å². The predicted octanol–water partition coefficient (Wildman–Crippen LogP) is 4.79. The third-order valence-corrected chi connectivity index (χ3v) is 3.90. The smallest absolute Gasteiger partial charge is 0.222 e. The molecule has 0 bridgehead atoms. The Morgan fingerprint density at radius 3 is 2.56 bits per heavy atom. The van der Waals surface area contributed by atoms with Gasteiger partial charge in [0, 0.05) is 31.3 Å². The average Bonchev–Trinajstić information content (AvgIpc) is 2.55. The Bertz CT molecular complexity index is 763. The molecule has 0 radical (unpaired) electrons. The second-order valence-corrected chi connectivity index (χ2v) is 7.29. The van der Waals surface area contributed by atoms with Gasteiger partial charge in [0.1, 0.15) is 11.6 Å². The Morgan fingerprint density at radius 1 is 1.20 bits per heavy atom. The monoisotopic (exact) mass is 340 g/mol. The maximum absolute atomic E-state index is 6.01.